The normalized spacial score (nSPS) is 15.2. The van der Waals surface area contributed by atoms with Gasteiger partial charge in [0.2, 0.25) is 6.79 Å². The molecule has 240 valence electrons. The molecule has 1 amide bonds. The Bertz CT molecular complexity index is 1680. The number of hydrazone groups is 1. The molecule has 0 bridgehead atoms. The van der Waals surface area contributed by atoms with Crippen LogP contribution >= 0.6 is 12.2 Å². The fourth-order valence-electron chi connectivity index (χ4n) is 4.80. The number of hydrogen-bond acceptors (Lipinski definition) is 10. The summed E-state index contributed by atoms with van der Waals surface area (Å²) in [5.41, 5.74) is 5.65. The molecule has 0 spiro atoms. The van der Waals surface area contributed by atoms with Gasteiger partial charge in [0.25, 0.3) is 5.91 Å². The van der Waals surface area contributed by atoms with Crippen molar-refractivity contribution in [2.75, 3.05) is 26.6 Å². The molecule has 13 heteroatoms. The topological polar surface area (TPSA) is 138 Å². The van der Waals surface area contributed by atoms with Crippen molar-refractivity contribution in [2.24, 2.45) is 5.10 Å². The van der Waals surface area contributed by atoms with Crippen LogP contribution in [-0.4, -0.2) is 49.8 Å². The molecule has 5 rings (SSSR count). The Morgan fingerprint density at radius 2 is 1.80 bits per heavy atom. The van der Waals surface area contributed by atoms with E-state index in [0.29, 0.717) is 69.5 Å². The number of ether oxygens (including phenoxy) is 6. The Labute approximate surface area is 271 Å². The van der Waals surface area contributed by atoms with Crippen LogP contribution in [0.4, 0.5) is 0 Å². The summed E-state index contributed by atoms with van der Waals surface area (Å²) in [4.78, 5) is 25.4. The van der Waals surface area contributed by atoms with Gasteiger partial charge in [0.1, 0.15) is 12.4 Å². The summed E-state index contributed by atoms with van der Waals surface area (Å²) >= 11 is 5.33. The Kier molecular flexibility index (Phi) is 10.6. The Hall–Kier alpha value is -5.30. The molecular formula is C33H34N4O8S. The molecule has 46 heavy (non-hydrogen) atoms. The number of nitrogens with zero attached hydrogens (tertiary/aromatic N) is 1. The van der Waals surface area contributed by atoms with Gasteiger partial charge in [-0.05, 0) is 80.5 Å². The van der Waals surface area contributed by atoms with Crippen molar-refractivity contribution >= 4 is 35.4 Å². The van der Waals surface area contributed by atoms with E-state index in [-0.39, 0.29) is 20.0 Å². The van der Waals surface area contributed by atoms with Gasteiger partial charge in [-0.1, -0.05) is 24.3 Å². The van der Waals surface area contributed by atoms with E-state index >= 15 is 0 Å². The van der Waals surface area contributed by atoms with Crippen LogP contribution in [-0.2, 0) is 20.9 Å². The zero-order chi connectivity index (χ0) is 32.5. The highest BCUT2D eigenvalue weighted by atomic mass is 32.1. The molecule has 3 N–H and O–H groups in total. The van der Waals surface area contributed by atoms with Crippen LogP contribution in [0.2, 0.25) is 0 Å². The Morgan fingerprint density at radius 1 is 0.978 bits per heavy atom. The van der Waals surface area contributed by atoms with Gasteiger partial charge in [-0.2, -0.15) is 5.10 Å². The zero-order valence-electron chi connectivity index (χ0n) is 25.6. The molecule has 1 atom stereocenters. The van der Waals surface area contributed by atoms with Gasteiger partial charge in [0.05, 0.1) is 31.0 Å². The van der Waals surface area contributed by atoms with Crippen LogP contribution in [0, 0.1) is 0 Å². The van der Waals surface area contributed by atoms with Gasteiger partial charge in [-0.3, -0.25) is 4.79 Å². The number of fused-ring (bicyclic) bond motifs is 1. The minimum Gasteiger partial charge on any atom is -0.490 e. The third kappa shape index (κ3) is 7.85. The first kappa shape index (κ1) is 32.1. The molecule has 0 saturated carbocycles. The number of allylic oxidation sites excluding steroid dienone is 1. The van der Waals surface area contributed by atoms with Crippen molar-refractivity contribution in [3.05, 3.63) is 88.6 Å². The number of carbonyl (C=O) groups excluding carboxylic acids is 2. The monoisotopic (exact) mass is 646 g/mol. The van der Waals surface area contributed by atoms with E-state index in [9.17, 15) is 9.59 Å². The number of amides is 1. The minimum absolute atomic E-state index is 0.210. The van der Waals surface area contributed by atoms with Crippen LogP contribution in [0.25, 0.3) is 0 Å². The highest BCUT2D eigenvalue weighted by Gasteiger charge is 2.32. The van der Waals surface area contributed by atoms with Crippen LogP contribution in [0.3, 0.4) is 0 Å². The second-order valence-corrected chi connectivity index (χ2v) is 10.4. The Morgan fingerprint density at radius 3 is 2.63 bits per heavy atom. The van der Waals surface area contributed by atoms with Crippen molar-refractivity contribution in [1.29, 1.82) is 0 Å². The van der Waals surface area contributed by atoms with E-state index in [1.54, 1.807) is 50.2 Å². The molecule has 0 saturated heterocycles. The molecule has 12 nitrogen and oxygen atoms in total. The minimum atomic E-state index is -0.631. The number of thiocarbonyl (C=S) groups is 1. The van der Waals surface area contributed by atoms with E-state index in [2.05, 4.69) is 21.2 Å². The zero-order valence-corrected chi connectivity index (χ0v) is 26.4. The number of benzene rings is 3. The molecule has 2 aliphatic heterocycles. The van der Waals surface area contributed by atoms with Crippen LogP contribution < -0.4 is 39.7 Å². The predicted octanol–water partition coefficient (Wildman–Crippen LogP) is 4.28. The molecule has 3 aromatic carbocycles. The van der Waals surface area contributed by atoms with Crippen molar-refractivity contribution in [3.8, 4) is 28.7 Å². The maximum atomic E-state index is 12.8. The average molecular weight is 647 g/mol. The lowest BCUT2D eigenvalue weighted by molar-refractivity contribution is -0.139. The second-order valence-electron chi connectivity index (χ2n) is 10.0. The van der Waals surface area contributed by atoms with Crippen molar-refractivity contribution in [3.63, 3.8) is 0 Å². The van der Waals surface area contributed by atoms with Crippen LogP contribution in [0.5, 0.6) is 28.7 Å². The molecule has 0 fully saturated rings. The first-order chi connectivity index (χ1) is 22.4. The van der Waals surface area contributed by atoms with E-state index in [4.69, 9.17) is 40.6 Å². The summed E-state index contributed by atoms with van der Waals surface area (Å²) in [5, 5.41) is 10.5. The van der Waals surface area contributed by atoms with Gasteiger partial charge in [0.15, 0.2) is 34.7 Å². The van der Waals surface area contributed by atoms with E-state index in [1.165, 1.54) is 6.21 Å². The number of para-hydroxylation sites is 1. The summed E-state index contributed by atoms with van der Waals surface area (Å²) in [7, 11) is 0. The molecular weight excluding hydrogens is 612 g/mol. The standard InChI is InChI=1S/C33H34N4O8S/c1-4-40-27-14-21(10-12-25(27)42-17-22-11-13-26-28(15-22)45-19-44-26)16-34-37-29(38)18-43-24-9-7-6-8-23(24)31-30(32(39)41-5-2)20(3)35-33(46)36-31/h6-16,31H,4-5,17-19H2,1-3H3,(H,37,38)(H2,35,36,46)/t31-/m0/s1. The van der Waals surface area contributed by atoms with Crippen molar-refractivity contribution in [1.82, 2.24) is 16.1 Å². The molecule has 3 aromatic rings. The molecule has 0 radical (unpaired) electrons. The van der Waals surface area contributed by atoms with E-state index in [0.717, 1.165) is 5.56 Å². The lowest BCUT2D eigenvalue weighted by Gasteiger charge is -2.30. The SMILES string of the molecule is CCOC(=O)C1=C(C)NC(=S)N[C@H]1c1ccccc1OCC(=O)NN=Cc1ccc(OCc2ccc3c(c2)OCO3)c(OCC)c1. The third-order valence-corrected chi connectivity index (χ3v) is 7.07. The fraction of sp³-hybridized carbons (Fsp3) is 0.273. The summed E-state index contributed by atoms with van der Waals surface area (Å²) in [6, 6.07) is 17.5. The summed E-state index contributed by atoms with van der Waals surface area (Å²) in [6.45, 7) is 6.22. The van der Waals surface area contributed by atoms with Gasteiger partial charge in [0, 0.05) is 11.3 Å². The van der Waals surface area contributed by atoms with Crippen molar-refractivity contribution in [2.45, 2.75) is 33.4 Å². The first-order valence-electron chi connectivity index (χ1n) is 14.6. The number of esters is 1. The van der Waals surface area contributed by atoms with Gasteiger partial charge < -0.3 is 39.1 Å². The number of carbonyl (C=O) groups is 2. The molecule has 0 unspecified atom stereocenters. The predicted molar refractivity (Wildman–Crippen MR) is 173 cm³/mol. The average Bonchev–Trinajstić information content (AvgIpc) is 3.51. The molecule has 0 aromatic heterocycles. The van der Waals surface area contributed by atoms with Crippen molar-refractivity contribution < 1.29 is 38.0 Å². The Balaban J connectivity index is 1.19. The van der Waals surface area contributed by atoms with Crippen LogP contribution in [0.1, 0.15) is 43.5 Å². The smallest absolute Gasteiger partial charge is 0.338 e. The quantitative estimate of drug-likeness (QED) is 0.106. The maximum Gasteiger partial charge on any atom is 0.338 e. The van der Waals surface area contributed by atoms with Gasteiger partial charge in [-0.25, -0.2) is 10.2 Å². The summed E-state index contributed by atoms with van der Waals surface area (Å²) in [6.07, 6.45) is 1.50. The summed E-state index contributed by atoms with van der Waals surface area (Å²) in [5.74, 6) is 1.94. The highest BCUT2D eigenvalue weighted by Crippen LogP contribution is 2.35. The van der Waals surface area contributed by atoms with Gasteiger partial charge >= 0.3 is 5.97 Å². The van der Waals surface area contributed by atoms with Crippen LogP contribution in [0.15, 0.2) is 77.0 Å². The second kappa shape index (κ2) is 15.1. The third-order valence-electron chi connectivity index (χ3n) is 6.86. The fourth-order valence-corrected chi connectivity index (χ4v) is 5.07. The largest absolute Gasteiger partial charge is 0.490 e. The van der Waals surface area contributed by atoms with E-state index < -0.39 is 17.9 Å². The lowest BCUT2D eigenvalue weighted by Crippen LogP contribution is -2.45. The van der Waals surface area contributed by atoms with Gasteiger partial charge in [-0.15, -0.1) is 0 Å². The lowest BCUT2D eigenvalue weighted by atomic mass is 9.95. The maximum absolute atomic E-state index is 12.8. The molecule has 0 aliphatic carbocycles. The number of rotatable bonds is 13. The first-order valence-corrected chi connectivity index (χ1v) is 15.0. The molecule has 2 aliphatic rings. The summed E-state index contributed by atoms with van der Waals surface area (Å²) < 4.78 is 33.7. The number of hydrogen-bond donors (Lipinski definition) is 3. The van der Waals surface area contributed by atoms with E-state index in [1.807, 2.05) is 31.2 Å². The number of nitrogens with one attached hydrogen (secondary N) is 3. The molecule has 2 heterocycles. The highest BCUT2D eigenvalue weighted by molar-refractivity contribution is 7.80.